The molecule has 1 aromatic carbocycles. The van der Waals surface area contributed by atoms with E-state index < -0.39 is 0 Å². The van der Waals surface area contributed by atoms with Crippen LogP contribution in [0.1, 0.15) is 44.6 Å². The molecule has 0 amide bonds. The zero-order valence-electron chi connectivity index (χ0n) is 11.5. The standard InChI is InChI=1S/C16H26N2/c1-2-12-18(13-14-6-4-3-5-7-14)16-10-8-15(17)9-11-16/h3-7,15-16H,2,8-13,17H2,1H3. The Bertz CT molecular complexity index is 328. The van der Waals surface area contributed by atoms with Crippen molar-refractivity contribution in [3.63, 3.8) is 0 Å². The molecule has 0 bridgehead atoms. The predicted molar refractivity (Wildman–Crippen MR) is 77.4 cm³/mol. The van der Waals surface area contributed by atoms with Crippen LogP contribution in [0.4, 0.5) is 0 Å². The molecule has 0 unspecified atom stereocenters. The highest BCUT2D eigenvalue weighted by Gasteiger charge is 2.23. The molecule has 0 atom stereocenters. The van der Waals surface area contributed by atoms with Crippen molar-refractivity contribution in [2.24, 2.45) is 5.73 Å². The molecule has 100 valence electrons. The zero-order chi connectivity index (χ0) is 12.8. The lowest BCUT2D eigenvalue weighted by Crippen LogP contribution is -2.40. The lowest BCUT2D eigenvalue weighted by atomic mass is 9.90. The van der Waals surface area contributed by atoms with Crippen LogP contribution in [0.5, 0.6) is 0 Å². The summed E-state index contributed by atoms with van der Waals surface area (Å²) in [6.07, 6.45) is 6.16. The molecule has 18 heavy (non-hydrogen) atoms. The molecule has 1 aromatic rings. The Balaban J connectivity index is 1.95. The van der Waals surface area contributed by atoms with Gasteiger partial charge in [0.1, 0.15) is 0 Å². The topological polar surface area (TPSA) is 29.3 Å². The first-order valence-electron chi connectivity index (χ1n) is 7.33. The lowest BCUT2D eigenvalue weighted by molar-refractivity contribution is 0.142. The van der Waals surface area contributed by atoms with Gasteiger partial charge < -0.3 is 5.73 Å². The molecule has 1 aliphatic rings. The number of nitrogens with zero attached hydrogens (tertiary/aromatic N) is 1. The second kappa shape index (κ2) is 6.91. The molecule has 0 saturated heterocycles. The van der Waals surface area contributed by atoms with Crippen molar-refractivity contribution in [1.29, 1.82) is 0 Å². The quantitative estimate of drug-likeness (QED) is 0.864. The van der Waals surface area contributed by atoms with E-state index in [0.29, 0.717) is 6.04 Å². The fourth-order valence-electron chi connectivity index (χ4n) is 2.96. The first-order chi connectivity index (χ1) is 8.79. The Morgan fingerprint density at radius 1 is 1.11 bits per heavy atom. The Labute approximate surface area is 111 Å². The van der Waals surface area contributed by atoms with Gasteiger partial charge in [0.15, 0.2) is 0 Å². The van der Waals surface area contributed by atoms with Gasteiger partial charge in [0.25, 0.3) is 0 Å². The van der Waals surface area contributed by atoms with E-state index in [1.54, 1.807) is 0 Å². The van der Waals surface area contributed by atoms with E-state index in [9.17, 15) is 0 Å². The van der Waals surface area contributed by atoms with Crippen LogP contribution < -0.4 is 5.73 Å². The lowest BCUT2D eigenvalue weighted by Gasteiger charge is -2.36. The third-order valence-corrected chi connectivity index (χ3v) is 4.00. The minimum atomic E-state index is 0.446. The van der Waals surface area contributed by atoms with E-state index in [-0.39, 0.29) is 0 Å². The highest BCUT2D eigenvalue weighted by atomic mass is 15.2. The summed E-state index contributed by atoms with van der Waals surface area (Å²) >= 11 is 0. The molecule has 0 radical (unpaired) electrons. The van der Waals surface area contributed by atoms with Crippen LogP contribution >= 0.6 is 0 Å². The van der Waals surface area contributed by atoms with Crippen LogP contribution in [0, 0.1) is 0 Å². The number of nitrogens with two attached hydrogens (primary N) is 1. The average molecular weight is 246 g/mol. The number of benzene rings is 1. The molecule has 1 fully saturated rings. The summed E-state index contributed by atoms with van der Waals surface area (Å²) < 4.78 is 0. The van der Waals surface area contributed by atoms with Crippen molar-refractivity contribution in [3.05, 3.63) is 35.9 Å². The Morgan fingerprint density at radius 3 is 2.39 bits per heavy atom. The molecular weight excluding hydrogens is 220 g/mol. The second-order valence-electron chi connectivity index (χ2n) is 5.52. The van der Waals surface area contributed by atoms with Gasteiger partial charge in [-0.1, -0.05) is 37.3 Å². The van der Waals surface area contributed by atoms with Gasteiger partial charge in [-0.15, -0.1) is 0 Å². The number of hydrogen-bond acceptors (Lipinski definition) is 2. The summed E-state index contributed by atoms with van der Waals surface area (Å²) in [4.78, 5) is 2.65. The monoisotopic (exact) mass is 246 g/mol. The average Bonchev–Trinajstić information content (AvgIpc) is 2.40. The van der Waals surface area contributed by atoms with Gasteiger partial charge in [-0.05, 0) is 44.2 Å². The van der Waals surface area contributed by atoms with Crippen molar-refractivity contribution in [3.8, 4) is 0 Å². The summed E-state index contributed by atoms with van der Waals surface area (Å²) in [7, 11) is 0. The third kappa shape index (κ3) is 3.82. The van der Waals surface area contributed by atoms with Gasteiger partial charge in [0, 0.05) is 18.6 Å². The van der Waals surface area contributed by atoms with Crippen LogP contribution in [0.2, 0.25) is 0 Å². The largest absolute Gasteiger partial charge is 0.328 e. The molecule has 2 N–H and O–H groups in total. The first kappa shape index (κ1) is 13.6. The van der Waals surface area contributed by atoms with Crippen molar-refractivity contribution >= 4 is 0 Å². The zero-order valence-corrected chi connectivity index (χ0v) is 11.5. The van der Waals surface area contributed by atoms with Gasteiger partial charge in [-0.2, -0.15) is 0 Å². The predicted octanol–water partition coefficient (Wildman–Crippen LogP) is 3.17. The molecule has 0 spiro atoms. The van der Waals surface area contributed by atoms with Crippen LogP contribution in [0.3, 0.4) is 0 Å². The maximum atomic E-state index is 6.01. The summed E-state index contributed by atoms with van der Waals surface area (Å²) in [6.45, 7) is 4.57. The van der Waals surface area contributed by atoms with Crippen molar-refractivity contribution < 1.29 is 0 Å². The van der Waals surface area contributed by atoms with Gasteiger partial charge in [0.2, 0.25) is 0 Å². The molecule has 0 aliphatic heterocycles. The van der Waals surface area contributed by atoms with Crippen LogP contribution in [-0.4, -0.2) is 23.5 Å². The van der Waals surface area contributed by atoms with E-state index in [0.717, 1.165) is 12.6 Å². The van der Waals surface area contributed by atoms with E-state index in [1.807, 2.05) is 0 Å². The maximum Gasteiger partial charge on any atom is 0.0236 e. The highest BCUT2D eigenvalue weighted by molar-refractivity contribution is 5.14. The third-order valence-electron chi connectivity index (χ3n) is 4.00. The molecule has 0 heterocycles. The molecule has 1 saturated carbocycles. The smallest absolute Gasteiger partial charge is 0.0236 e. The van der Waals surface area contributed by atoms with E-state index in [4.69, 9.17) is 5.73 Å². The van der Waals surface area contributed by atoms with Crippen LogP contribution in [0.15, 0.2) is 30.3 Å². The van der Waals surface area contributed by atoms with Gasteiger partial charge >= 0.3 is 0 Å². The minimum Gasteiger partial charge on any atom is -0.328 e. The van der Waals surface area contributed by atoms with Gasteiger partial charge in [0.05, 0.1) is 0 Å². The van der Waals surface area contributed by atoms with E-state index in [1.165, 1.54) is 44.2 Å². The normalized spacial score (nSPS) is 24.4. The van der Waals surface area contributed by atoms with Crippen LogP contribution in [-0.2, 0) is 6.54 Å². The van der Waals surface area contributed by atoms with Gasteiger partial charge in [-0.3, -0.25) is 4.90 Å². The van der Waals surface area contributed by atoms with Crippen LogP contribution in [0.25, 0.3) is 0 Å². The highest BCUT2D eigenvalue weighted by Crippen LogP contribution is 2.23. The Hall–Kier alpha value is -0.860. The molecule has 0 aromatic heterocycles. The molecule has 2 rings (SSSR count). The van der Waals surface area contributed by atoms with Crippen molar-refractivity contribution in [2.45, 2.75) is 57.7 Å². The number of hydrogen-bond donors (Lipinski definition) is 1. The summed E-state index contributed by atoms with van der Waals surface area (Å²) in [5.41, 5.74) is 7.44. The molecule has 1 aliphatic carbocycles. The summed E-state index contributed by atoms with van der Waals surface area (Å²) in [6, 6.07) is 12.0. The maximum absolute atomic E-state index is 6.01. The summed E-state index contributed by atoms with van der Waals surface area (Å²) in [5, 5.41) is 0. The molecular formula is C16H26N2. The molecule has 2 heteroatoms. The Morgan fingerprint density at radius 2 is 1.78 bits per heavy atom. The fraction of sp³-hybridized carbons (Fsp3) is 0.625. The van der Waals surface area contributed by atoms with E-state index in [2.05, 4.69) is 42.2 Å². The molecule has 2 nitrogen and oxygen atoms in total. The SMILES string of the molecule is CCCN(Cc1ccccc1)C1CCC(N)CC1. The second-order valence-corrected chi connectivity index (χ2v) is 5.52. The fourth-order valence-corrected chi connectivity index (χ4v) is 2.96. The minimum absolute atomic E-state index is 0.446. The summed E-state index contributed by atoms with van der Waals surface area (Å²) in [5.74, 6) is 0. The Kier molecular flexibility index (Phi) is 5.21. The number of rotatable bonds is 5. The van der Waals surface area contributed by atoms with E-state index >= 15 is 0 Å². The van der Waals surface area contributed by atoms with Gasteiger partial charge in [-0.25, -0.2) is 0 Å². The first-order valence-corrected chi connectivity index (χ1v) is 7.33. The van der Waals surface area contributed by atoms with Crippen molar-refractivity contribution in [2.75, 3.05) is 6.54 Å². The van der Waals surface area contributed by atoms with Crippen molar-refractivity contribution in [1.82, 2.24) is 4.90 Å².